The average Bonchev–Trinajstić information content (AvgIpc) is 2.81. The summed E-state index contributed by atoms with van der Waals surface area (Å²) in [6.07, 6.45) is 4.16. The Kier molecular flexibility index (Phi) is 7.52. The second-order valence-corrected chi connectivity index (χ2v) is 14.0. The van der Waals surface area contributed by atoms with Gasteiger partial charge in [-0.1, -0.05) is 0 Å². The Labute approximate surface area is 230 Å². The molecule has 0 radical (unpaired) electrons. The summed E-state index contributed by atoms with van der Waals surface area (Å²) in [4.78, 5) is 18.1. The minimum absolute atomic E-state index is 0.00576. The van der Waals surface area contributed by atoms with Crippen molar-refractivity contribution >= 4 is 5.78 Å². The lowest BCUT2D eigenvalue weighted by atomic mass is 9.78. The van der Waals surface area contributed by atoms with Gasteiger partial charge in [-0.3, -0.25) is 14.6 Å². The summed E-state index contributed by atoms with van der Waals surface area (Å²) in [7, 11) is 4.40. The number of hydrogen-bond donors (Lipinski definition) is 0. The molecule has 2 heterocycles. The van der Waals surface area contributed by atoms with Crippen LogP contribution in [0.2, 0.25) is 0 Å². The van der Waals surface area contributed by atoms with Crippen molar-refractivity contribution in [1.82, 2.24) is 9.80 Å². The second-order valence-electron chi connectivity index (χ2n) is 14.0. The number of carbonyl (C=O) groups is 1. The maximum Gasteiger partial charge on any atom is 0.193 e. The first-order valence-electron chi connectivity index (χ1n) is 14.1. The molecule has 2 aromatic rings. The normalized spacial score (nSPS) is 23.6. The van der Waals surface area contributed by atoms with E-state index in [1.807, 2.05) is 48.5 Å². The highest BCUT2D eigenvalue weighted by Crippen LogP contribution is 2.39. The van der Waals surface area contributed by atoms with Gasteiger partial charge in [0.05, 0.1) is 0 Å². The lowest BCUT2D eigenvalue weighted by Crippen LogP contribution is -2.60. The number of carbonyl (C=O) groups excluding carboxylic acids is 1. The fourth-order valence-corrected chi connectivity index (χ4v) is 6.65. The van der Waals surface area contributed by atoms with E-state index in [1.54, 1.807) is 0 Å². The molecule has 0 amide bonds. The minimum Gasteiger partial charge on any atom is -0.490 e. The fraction of sp³-hybridized carbons (Fsp3) is 0.606. The van der Waals surface area contributed by atoms with Crippen LogP contribution in [-0.2, 0) is 0 Å². The van der Waals surface area contributed by atoms with Crippen molar-refractivity contribution in [2.45, 2.75) is 115 Å². The van der Waals surface area contributed by atoms with Gasteiger partial charge < -0.3 is 9.47 Å². The molecule has 2 aliphatic rings. The van der Waals surface area contributed by atoms with Crippen LogP contribution in [0.4, 0.5) is 0 Å². The highest BCUT2D eigenvalue weighted by molar-refractivity contribution is 6.09. The molecular weight excluding hydrogens is 472 g/mol. The molecule has 2 saturated heterocycles. The smallest absolute Gasteiger partial charge is 0.193 e. The molecule has 0 N–H and O–H groups in total. The Hall–Kier alpha value is -2.37. The third-order valence-corrected chi connectivity index (χ3v) is 9.38. The van der Waals surface area contributed by atoms with E-state index >= 15 is 0 Å². The summed E-state index contributed by atoms with van der Waals surface area (Å²) in [5.74, 6) is 1.64. The summed E-state index contributed by atoms with van der Waals surface area (Å²) in [5.41, 5.74) is 1.59. The highest BCUT2D eigenvalue weighted by atomic mass is 16.5. The Morgan fingerprint density at radius 2 is 0.842 bits per heavy atom. The van der Waals surface area contributed by atoms with Gasteiger partial charge in [-0.15, -0.1) is 0 Å². The van der Waals surface area contributed by atoms with Crippen LogP contribution in [0.1, 0.15) is 97.0 Å². The van der Waals surface area contributed by atoms with Crippen molar-refractivity contribution in [2.24, 2.45) is 0 Å². The first-order chi connectivity index (χ1) is 17.5. The SMILES string of the molecule is CN1C(C)(C)CC(Oc2ccc(C(=O)c3ccc(OC4CC(C)(C)N(C)C(C)(C)C4)cc3)cc2)CC1(C)C. The molecule has 2 fully saturated rings. The lowest BCUT2D eigenvalue weighted by molar-refractivity contribution is -0.0560. The van der Waals surface area contributed by atoms with E-state index in [0.717, 1.165) is 37.2 Å². The molecule has 4 rings (SSSR count). The van der Waals surface area contributed by atoms with Crippen LogP contribution in [0.5, 0.6) is 11.5 Å². The zero-order chi connectivity index (χ0) is 28.1. The summed E-state index contributed by atoms with van der Waals surface area (Å²) >= 11 is 0. The van der Waals surface area contributed by atoms with Gasteiger partial charge in [0.25, 0.3) is 0 Å². The monoisotopic (exact) mass is 520 g/mol. The molecule has 2 aliphatic heterocycles. The summed E-state index contributed by atoms with van der Waals surface area (Å²) in [5, 5.41) is 0. The van der Waals surface area contributed by atoms with Gasteiger partial charge >= 0.3 is 0 Å². The summed E-state index contributed by atoms with van der Waals surface area (Å²) in [6, 6.07) is 15.2. The number of ether oxygens (including phenoxy) is 2. The molecule has 208 valence electrons. The van der Waals surface area contributed by atoms with Gasteiger partial charge in [0.1, 0.15) is 23.7 Å². The average molecular weight is 521 g/mol. The molecule has 5 heteroatoms. The first-order valence-corrected chi connectivity index (χ1v) is 14.1. The number of rotatable bonds is 6. The number of nitrogens with zero attached hydrogens (tertiary/aromatic N) is 2. The number of piperidine rings is 2. The lowest BCUT2D eigenvalue weighted by Gasteiger charge is -2.53. The number of likely N-dealkylation sites (tertiary alicyclic amines) is 2. The van der Waals surface area contributed by atoms with Crippen LogP contribution in [0.3, 0.4) is 0 Å². The molecule has 38 heavy (non-hydrogen) atoms. The maximum absolute atomic E-state index is 13.2. The zero-order valence-corrected chi connectivity index (χ0v) is 25.2. The minimum atomic E-state index is 0.00576. The van der Waals surface area contributed by atoms with Crippen LogP contribution in [0.15, 0.2) is 48.5 Å². The predicted molar refractivity (Wildman–Crippen MR) is 155 cm³/mol. The second kappa shape index (κ2) is 9.98. The Balaban J connectivity index is 1.38. The summed E-state index contributed by atoms with van der Waals surface area (Å²) < 4.78 is 12.8. The third-order valence-electron chi connectivity index (χ3n) is 9.38. The molecule has 5 nitrogen and oxygen atoms in total. The standard InChI is InChI=1S/C33H48N2O3/c1-30(2)19-27(20-31(3,4)34(30)9)37-25-15-11-23(12-16-25)29(36)24-13-17-26(18-14-24)38-28-21-32(5,6)35(10)33(7,8)22-28/h11-18,27-28H,19-22H2,1-10H3. The molecule has 0 bridgehead atoms. The van der Waals surface area contributed by atoms with E-state index in [2.05, 4.69) is 79.3 Å². The maximum atomic E-state index is 13.2. The van der Waals surface area contributed by atoms with E-state index in [1.165, 1.54) is 0 Å². The summed E-state index contributed by atoms with van der Waals surface area (Å²) in [6.45, 7) is 18.2. The highest BCUT2D eigenvalue weighted by Gasteiger charge is 2.45. The third kappa shape index (κ3) is 5.94. The van der Waals surface area contributed by atoms with Crippen molar-refractivity contribution in [1.29, 1.82) is 0 Å². The predicted octanol–water partition coefficient (Wildman–Crippen LogP) is 6.98. The van der Waals surface area contributed by atoms with Gasteiger partial charge in [0, 0.05) is 59.0 Å². The Morgan fingerprint density at radius 3 is 1.11 bits per heavy atom. The van der Waals surface area contributed by atoms with Crippen LogP contribution >= 0.6 is 0 Å². The van der Waals surface area contributed by atoms with Gasteiger partial charge in [0.15, 0.2) is 5.78 Å². The molecule has 0 saturated carbocycles. The van der Waals surface area contributed by atoms with Crippen molar-refractivity contribution in [3.8, 4) is 11.5 Å². The van der Waals surface area contributed by atoms with E-state index in [4.69, 9.17) is 9.47 Å². The van der Waals surface area contributed by atoms with Crippen molar-refractivity contribution < 1.29 is 14.3 Å². The quantitative estimate of drug-likeness (QED) is 0.385. The van der Waals surface area contributed by atoms with E-state index in [-0.39, 0.29) is 40.1 Å². The van der Waals surface area contributed by atoms with Crippen LogP contribution in [0, 0.1) is 0 Å². The molecule has 2 aromatic carbocycles. The van der Waals surface area contributed by atoms with Crippen molar-refractivity contribution in [2.75, 3.05) is 14.1 Å². The molecule has 0 atom stereocenters. The van der Waals surface area contributed by atoms with Gasteiger partial charge in [-0.2, -0.15) is 0 Å². The van der Waals surface area contributed by atoms with Crippen LogP contribution in [-0.4, -0.2) is 64.0 Å². The molecule has 0 spiro atoms. The molecule has 0 unspecified atom stereocenters. The van der Waals surface area contributed by atoms with Gasteiger partial charge in [-0.05, 0) is 118 Å². The van der Waals surface area contributed by atoms with E-state index < -0.39 is 0 Å². The van der Waals surface area contributed by atoms with Crippen LogP contribution < -0.4 is 9.47 Å². The van der Waals surface area contributed by atoms with Crippen molar-refractivity contribution in [3.05, 3.63) is 59.7 Å². The Bertz CT molecular complexity index is 1010. The van der Waals surface area contributed by atoms with E-state index in [0.29, 0.717) is 11.1 Å². The van der Waals surface area contributed by atoms with Crippen molar-refractivity contribution in [3.63, 3.8) is 0 Å². The first kappa shape index (κ1) is 28.6. The largest absolute Gasteiger partial charge is 0.490 e. The van der Waals surface area contributed by atoms with Gasteiger partial charge in [-0.25, -0.2) is 0 Å². The fourth-order valence-electron chi connectivity index (χ4n) is 6.65. The number of benzene rings is 2. The zero-order valence-electron chi connectivity index (χ0n) is 25.2. The van der Waals surface area contributed by atoms with E-state index in [9.17, 15) is 4.79 Å². The topological polar surface area (TPSA) is 42.0 Å². The van der Waals surface area contributed by atoms with Gasteiger partial charge in [0.2, 0.25) is 0 Å². The van der Waals surface area contributed by atoms with Crippen LogP contribution in [0.25, 0.3) is 0 Å². The molecule has 0 aromatic heterocycles. The Morgan fingerprint density at radius 1 is 0.579 bits per heavy atom. The molecule has 0 aliphatic carbocycles. The number of ketones is 1. The molecular formula is C33H48N2O3. The number of hydrogen-bond acceptors (Lipinski definition) is 5.